The van der Waals surface area contributed by atoms with E-state index in [0.29, 0.717) is 6.42 Å². The second kappa shape index (κ2) is 16.1. The fourth-order valence-corrected chi connectivity index (χ4v) is 3.21. The summed E-state index contributed by atoms with van der Waals surface area (Å²) in [5, 5.41) is 22.0. The van der Waals surface area contributed by atoms with E-state index in [1.807, 2.05) is 19.9 Å². The second-order valence-electron chi connectivity index (χ2n) is 9.33. The van der Waals surface area contributed by atoms with E-state index in [1.54, 1.807) is 24.3 Å². The van der Waals surface area contributed by atoms with Gasteiger partial charge in [-0.25, -0.2) is 0 Å². The Kier molecular flexibility index (Phi) is 13.6. The van der Waals surface area contributed by atoms with Gasteiger partial charge < -0.3 is 31.7 Å². The summed E-state index contributed by atoms with van der Waals surface area (Å²) in [7, 11) is 0. The molecule has 0 aliphatic heterocycles. The third-order valence-corrected chi connectivity index (χ3v) is 5.09. The normalized spacial score (nSPS) is 13.0. The summed E-state index contributed by atoms with van der Waals surface area (Å²) >= 11 is 0. The molecule has 0 saturated heterocycles. The maximum atomic E-state index is 13.2. The van der Waals surface area contributed by atoms with Crippen LogP contribution in [0.1, 0.15) is 39.7 Å². The summed E-state index contributed by atoms with van der Waals surface area (Å²) < 4.78 is 0. The highest BCUT2D eigenvalue weighted by molar-refractivity contribution is 5.96. The number of carbonyl (C=O) groups excluding carboxylic acids is 5. The van der Waals surface area contributed by atoms with Gasteiger partial charge in [-0.05, 0) is 31.7 Å². The van der Waals surface area contributed by atoms with Crippen molar-refractivity contribution in [1.82, 2.24) is 26.6 Å². The maximum absolute atomic E-state index is 13.2. The Balaban J connectivity index is 2.92. The molecule has 0 aliphatic carbocycles. The lowest BCUT2D eigenvalue weighted by atomic mass is 10.0. The second-order valence-corrected chi connectivity index (χ2v) is 9.33. The minimum absolute atomic E-state index is 0.0413. The van der Waals surface area contributed by atoms with E-state index in [2.05, 4.69) is 33.2 Å². The average molecular weight is 518 g/mol. The molecule has 0 fully saturated rings. The van der Waals surface area contributed by atoms with Gasteiger partial charge in [0.1, 0.15) is 12.1 Å². The smallest absolute Gasteiger partial charge is 0.246 e. The topological polar surface area (TPSA) is 166 Å². The Hall–Kier alpha value is -3.73. The summed E-state index contributed by atoms with van der Waals surface area (Å²) in [4.78, 5) is 62.1. The Bertz CT molecular complexity index is 948. The predicted octanol–water partition coefficient (Wildman–Crippen LogP) is -0.450. The molecular weight excluding hydrogens is 478 g/mol. The molecule has 3 unspecified atom stereocenters. The molecule has 1 aromatic carbocycles. The van der Waals surface area contributed by atoms with Crippen LogP contribution in [0, 0.1) is 5.92 Å². The molecule has 0 aliphatic rings. The molecule has 204 valence electrons. The van der Waals surface area contributed by atoms with Crippen molar-refractivity contribution in [3.8, 4) is 0 Å². The number of amides is 5. The van der Waals surface area contributed by atoms with Gasteiger partial charge in [0.25, 0.3) is 0 Å². The van der Waals surface area contributed by atoms with Crippen molar-refractivity contribution in [2.24, 2.45) is 5.92 Å². The van der Waals surface area contributed by atoms with E-state index in [-0.39, 0.29) is 37.5 Å². The van der Waals surface area contributed by atoms with Crippen LogP contribution in [-0.2, 0) is 30.4 Å². The van der Waals surface area contributed by atoms with Crippen molar-refractivity contribution in [2.45, 2.75) is 58.7 Å². The maximum Gasteiger partial charge on any atom is 0.246 e. The third kappa shape index (κ3) is 13.2. The van der Waals surface area contributed by atoms with Gasteiger partial charge in [0, 0.05) is 18.5 Å². The Labute approximate surface area is 217 Å². The first-order valence-electron chi connectivity index (χ1n) is 12.2. The van der Waals surface area contributed by atoms with Crippen LogP contribution >= 0.6 is 0 Å². The van der Waals surface area contributed by atoms with Crippen molar-refractivity contribution in [2.75, 3.05) is 19.6 Å². The third-order valence-electron chi connectivity index (χ3n) is 5.09. The number of carbonyl (C=O) groups is 5. The number of aliphatic hydroxyl groups is 1. The van der Waals surface area contributed by atoms with Gasteiger partial charge >= 0.3 is 0 Å². The molecule has 1 rings (SSSR count). The molecule has 0 heterocycles. The lowest BCUT2D eigenvalue weighted by molar-refractivity contribution is -0.133. The molecule has 1 aromatic rings. The minimum Gasteiger partial charge on any atom is -0.392 e. The minimum atomic E-state index is -1.02. The summed E-state index contributed by atoms with van der Waals surface area (Å²) in [5.74, 6) is -2.62. The quantitative estimate of drug-likeness (QED) is 0.172. The number of rotatable bonds is 15. The number of nitrogens with one attached hydrogen (secondary N) is 5. The molecule has 37 heavy (non-hydrogen) atoms. The number of aliphatic hydroxyl groups excluding tert-OH is 1. The highest BCUT2D eigenvalue weighted by Gasteiger charge is 2.28. The largest absolute Gasteiger partial charge is 0.392 e. The van der Waals surface area contributed by atoms with E-state index >= 15 is 0 Å². The van der Waals surface area contributed by atoms with Gasteiger partial charge in [-0.3, -0.25) is 24.0 Å². The molecular formula is C26H39N5O6. The fraction of sp³-hybridized carbons (Fsp3) is 0.500. The number of hydrogen-bond acceptors (Lipinski definition) is 6. The molecule has 0 spiro atoms. The van der Waals surface area contributed by atoms with E-state index in [4.69, 9.17) is 0 Å². The van der Waals surface area contributed by atoms with Gasteiger partial charge in [-0.2, -0.15) is 0 Å². The Morgan fingerprint density at radius 3 is 2.03 bits per heavy atom. The van der Waals surface area contributed by atoms with Crippen LogP contribution in [0.2, 0.25) is 0 Å². The monoisotopic (exact) mass is 517 g/mol. The highest BCUT2D eigenvalue weighted by Crippen LogP contribution is 2.08. The zero-order valence-electron chi connectivity index (χ0n) is 21.9. The van der Waals surface area contributed by atoms with Crippen LogP contribution < -0.4 is 26.6 Å². The zero-order chi connectivity index (χ0) is 28.0. The fourth-order valence-electron chi connectivity index (χ4n) is 3.21. The van der Waals surface area contributed by atoms with E-state index in [1.165, 1.54) is 13.8 Å². The van der Waals surface area contributed by atoms with Gasteiger partial charge in [0.2, 0.25) is 29.5 Å². The van der Waals surface area contributed by atoms with E-state index < -0.39 is 47.7 Å². The zero-order valence-corrected chi connectivity index (χ0v) is 21.9. The first kappa shape index (κ1) is 31.3. The first-order valence-corrected chi connectivity index (χ1v) is 12.2. The molecule has 11 nitrogen and oxygen atoms in total. The van der Waals surface area contributed by atoms with E-state index in [0.717, 1.165) is 5.56 Å². The van der Waals surface area contributed by atoms with Crippen molar-refractivity contribution in [1.29, 1.82) is 0 Å². The van der Waals surface area contributed by atoms with Crippen LogP contribution in [0.25, 0.3) is 0 Å². The van der Waals surface area contributed by atoms with Crippen molar-refractivity contribution in [3.05, 3.63) is 48.0 Å². The van der Waals surface area contributed by atoms with Gasteiger partial charge in [0.15, 0.2) is 0 Å². The SMILES string of the molecule is C=C(C)C(=O)NCC(=O)NC(Cc1ccccc1)C(=O)NC(CC(C)C)C(=O)NCC(=O)NCC(C)O. The number of hydrogen-bond donors (Lipinski definition) is 6. The molecule has 6 N–H and O–H groups in total. The Morgan fingerprint density at radius 1 is 0.838 bits per heavy atom. The molecule has 11 heteroatoms. The predicted molar refractivity (Wildman–Crippen MR) is 139 cm³/mol. The number of benzene rings is 1. The molecule has 0 radical (unpaired) electrons. The van der Waals surface area contributed by atoms with Crippen molar-refractivity contribution < 1.29 is 29.1 Å². The summed E-state index contributed by atoms with van der Waals surface area (Å²) in [6, 6.07) is 7.07. The highest BCUT2D eigenvalue weighted by atomic mass is 16.3. The molecule has 5 amide bonds. The average Bonchev–Trinajstić information content (AvgIpc) is 2.83. The van der Waals surface area contributed by atoms with Gasteiger partial charge in [-0.15, -0.1) is 0 Å². The van der Waals surface area contributed by atoms with Gasteiger partial charge in [0.05, 0.1) is 19.2 Å². The molecule has 0 aromatic heterocycles. The van der Waals surface area contributed by atoms with Crippen molar-refractivity contribution in [3.63, 3.8) is 0 Å². The summed E-state index contributed by atoms with van der Waals surface area (Å²) in [5.41, 5.74) is 1.03. The van der Waals surface area contributed by atoms with Gasteiger partial charge in [-0.1, -0.05) is 50.8 Å². The van der Waals surface area contributed by atoms with Crippen LogP contribution in [0.15, 0.2) is 42.5 Å². The summed E-state index contributed by atoms with van der Waals surface area (Å²) in [6.07, 6.45) is -0.267. The lowest BCUT2D eigenvalue weighted by Crippen LogP contribution is -2.56. The van der Waals surface area contributed by atoms with Crippen LogP contribution in [-0.4, -0.2) is 72.5 Å². The van der Waals surface area contributed by atoms with Crippen LogP contribution in [0.4, 0.5) is 0 Å². The molecule has 0 bridgehead atoms. The standard InChI is InChI=1S/C26H39N5O6/c1-16(2)11-20(25(36)29-14-22(33)27-13-18(5)32)31-26(37)21(12-19-9-7-6-8-10-19)30-23(34)15-28-24(35)17(3)4/h6-10,16,18,20-21,32H,3,11-15H2,1-2,4-5H3,(H,27,33)(H,28,35)(H,29,36)(H,30,34)(H,31,37). The molecule has 0 saturated carbocycles. The first-order chi connectivity index (χ1) is 17.4. The van der Waals surface area contributed by atoms with Crippen LogP contribution in [0.3, 0.4) is 0 Å². The van der Waals surface area contributed by atoms with Crippen LogP contribution in [0.5, 0.6) is 0 Å². The summed E-state index contributed by atoms with van der Waals surface area (Å²) in [6.45, 7) is 9.70. The van der Waals surface area contributed by atoms with E-state index in [9.17, 15) is 29.1 Å². The Morgan fingerprint density at radius 2 is 1.46 bits per heavy atom. The van der Waals surface area contributed by atoms with Crippen molar-refractivity contribution >= 4 is 29.5 Å². The lowest BCUT2D eigenvalue weighted by Gasteiger charge is -2.24. The molecule has 3 atom stereocenters.